The largest absolute Gasteiger partial charge is 0.494 e. The maximum Gasteiger partial charge on any atom is 0.224 e. The van der Waals surface area contributed by atoms with Gasteiger partial charge in [-0.05, 0) is 49.2 Å². The van der Waals surface area contributed by atoms with Crippen molar-refractivity contribution >= 4 is 29.0 Å². The molecule has 7 heteroatoms. The molecule has 1 N–H and O–H groups in total. The Balaban J connectivity index is 1.39. The van der Waals surface area contributed by atoms with Gasteiger partial charge in [-0.15, -0.1) is 0 Å². The lowest BCUT2D eigenvalue weighted by atomic mass is 10.2. The van der Waals surface area contributed by atoms with Crippen LogP contribution in [0.5, 0.6) is 5.75 Å². The number of benzene rings is 1. The SMILES string of the molecule is Cc1cc(OCCCC(=O)Nc2ccc(N3CCOCC3)nc2)ccc1Cl. The average Bonchev–Trinajstić information content (AvgIpc) is 2.69. The van der Waals surface area contributed by atoms with Gasteiger partial charge in [0.25, 0.3) is 0 Å². The van der Waals surface area contributed by atoms with Gasteiger partial charge in [0.1, 0.15) is 11.6 Å². The highest BCUT2D eigenvalue weighted by Gasteiger charge is 2.12. The predicted octanol–water partition coefficient (Wildman–Crippen LogP) is 3.68. The number of carbonyl (C=O) groups is 1. The van der Waals surface area contributed by atoms with Crippen molar-refractivity contribution < 1.29 is 14.3 Å². The minimum Gasteiger partial charge on any atom is -0.494 e. The van der Waals surface area contributed by atoms with Crippen LogP contribution >= 0.6 is 11.6 Å². The number of rotatable bonds is 7. The molecule has 0 bridgehead atoms. The summed E-state index contributed by atoms with van der Waals surface area (Å²) in [6.07, 6.45) is 2.71. The highest BCUT2D eigenvalue weighted by Crippen LogP contribution is 2.21. The van der Waals surface area contributed by atoms with Gasteiger partial charge in [0, 0.05) is 24.5 Å². The Morgan fingerprint density at radius 1 is 1.30 bits per heavy atom. The van der Waals surface area contributed by atoms with E-state index in [9.17, 15) is 4.79 Å². The summed E-state index contributed by atoms with van der Waals surface area (Å²) < 4.78 is 11.0. The van der Waals surface area contributed by atoms with Gasteiger partial charge >= 0.3 is 0 Å². The van der Waals surface area contributed by atoms with E-state index in [4.69, 9.17) is 21.1 Å². The molecule has 2 aromatic rings. The monoisotopic (exact) mass is 389 g/mol. The number of hydrogen-bond donors (Lipinski definition) is 1. The van der Waals surface area contributed by atoms with Crippen LogP contribution in [0.3, 0.4) is 0 Å². The second-order valence-corrected chi connectivity index (χ2v) is 6.82. The molecule has 0 unspecified atom stereocenters. The van der Waals surface area contributed by atoms with Crippen molar-refractivity contribution in [3.8, 4) is 5.75 Å². The van der Waals surface area contributed by atoms with Crippen molar-refractivity contribution in [1.29, 1.82) is 0 Å². The molecule has 6 nitrogen and oxygen atoms in total. The summed E-state index contributed by atoms with van der Waals surface area (Å²) in [7, 11) is 0. The van der Waals surface area contributed by atoms with E-state index in [0.29, 0.717) is 25.1 Å². The number of halogens is 1. The molecule has 2 heterocycles. The molecule has 27 heavy (non-hydrogen) atoms. The van der Waals surface area contributed by atoms with Crippen LogP contribution in [0.4, 0.5) is 11.5 Å². The third kappa shape index (κ3) is 5.84. The van der Waals surface area contributed by atoms with E-state index in [1.165, 1.54) is 0 Å². The zero-order valence-corrected chi connectivity index (χ0v) is 16.2. The van der Waals surface area contributed by atoms with Gasteiger partial charge in [-0.2, -0.15) is 0 Å². The van der Waals surface area contributed by atoms with E-state index >= 15 is 0 Å². The van der Waals surface area contributed by atoms with Crippen molar-refractivity contribution in [3.63, 3.8) is 0 Å². The summed E-state index contributed by atoms with van der Waals surface area (Å²) in [5.41, 5.74) is 1.67. The van der Waals surface area contributed by atoms with E-state index in [0.717, 1.165) is 48.5 Å². The van der Waals surface area contributed by atoms with E-state index < -0.39 is 0 Å². The molecule has 3 rings (SSSR count). The van der Waals surface area contributed by atoms with Crippen LogP contribution in [0.25, 0.3) is 0 Å². The van der Waals surface area contributed by atoms with E-state index in [-0.39, 0.29) is 5.91 Å². The van der Waals surface area contributed by atoms with Crippen LogP contribution in [-0.2, 0) is 9.53 Å². The third-order valence-electron chi connectivity index (χ3n) is 4.31. The van der Waals surface area contributed by atoms with Gasteiger partial charge in [0.05, 0.1) is 31.7 Å². The van der Waals surface area contributed by atoms with E-state index in [2.05, 4.69) is 15.2 Å². The highest BCUT2D eigenvalue weighted by molar-refractivity contribution is 6.31. The van der Waals surface area contributed by atoms with Crippen LogP contribution in [0.1, 0.15) is 18.4 Å². The lowest BCUT2D eigenvalue weighted by Crippen LogP contribution is -2.36. The molecular weight excluding hydrogens is 366 g/mol. The molecule has 0 spiro atoms. The summed E-state index contributed by atoms with van der Waals surface area (Å²) >= 11 is 5.99. The van der Waals surface area contributed by atoms with Crippen LogP contribution in [0.15, 0.2) is 36.5 Å². The van der Waals surface area contributed by atoms with E-state index in [1.54, 1.807) is 6.20 Å². The number of ether oxygens (including phenoxy) is 2. The van der Waals surface area contributed by atoms with Crippen LogP contribution in [-0.4, -0.2) is 43.8 Å². The fourth-order valence-electron chi connectivity index (χ4n) is 2.79. The maximum atomic E-state index is 12.1. The number of nitrogens with one attached hydrogen (secondary N) is 1. The summed E-state index contributed by atoms with van der Waals surface area (Å²) in [6.45, 7) is 5.52. The summed E-state index contributed by atoms with van der Waals surface area (Å²) in [4.78, 5) is 18.7. The van der Waals surface area contributed by atoms with Gasteiger partial charge in [-0.25, -0.2) is 4.98 Å². The minimum absolute atomic E-state index is 0.0493. The fraction of sp³-hybridized carbons (Fsp3) is 0.400. The molecule has 0 radical (unpaired) electrons. The van der Waals surface area contributed by atoms with Crippen molar-refractivity contribution in [2.45, 2.75) is 19.8 Å². The number of carbonyl (C=O) groups excluding carboxylic acids is 1. The molecule has 1 aromatic heterocycles. The van der Waals surface area contributed by atoms with Crippen molar-refractivity contribution in [2.24, 2.45) is 0 Å². The molecule has 0 saturated carbocycles. The Bertz CT molecular complexity index is 762. The van der Waals surface area contributed by atoms with Crippen LogP contribution < -0.4 is 15.0 Å². The second kappa shape index (κ2) is 9.58. The van der Waals surface area contributed by atoms with Crippen molar-refractivity contribution in [3.05, 3.63) is 47.1 Å². The molecule has 1 aromatic carbocycles. The molecule has 144 valence electrons. The molecular formula is C20H24ClN3O3. The van der Waals surface area contributed by atoms with Gasteiger partial charge in [0.15, 0.2) is 0 Å². The zero-order valence-electron chi connectivity index (χ0n) is 15.4. The van der Waals surface area contributed by atoms with Crippen LogP contribution in [0.2, 0.25) is 5.02 Å². The Morgan fingerprint density at radius 3 is 2.81 bits per heavy atom. The number of pyridine rings is 1. The normalized spacial score (nSPS) is 14.1. The van der Waals surface area contributed by atoms with Gasteiger partial charge < -0.3 is 19.7 Å². The first-order chi connectivity index (χ1) is 13.1. The Hall–Kier alpha value is -2.31. The Morgan fingerprint density at radius 2 is 2.11 bits per heavy atom. The highest BCUT2D eigenvalue weighted by atomic mass is 35.5. The number of amides is 1. The zero-order chi connectivity index (χ0) is 19.1. The first kappa shape index (κ1) is 19.5. The topological polar surface area (TPSA) is 63.7 Å². The standard InChI is InChI=1S/C20H24ClN3O3/c1-15-13-17(5-6-18(15)21)27-10-2-3-20(25)23-16-4-7-19(22-14-16)24-8-11-26-12-9-24/h4-7,13-14H,2-3,8-12H2,1H3,(H,23,25). The van der Waals surface area contributed by atoms with Gasteiger partial charge in [-0.1, -0.05) is 11.6 Å². The molecule has 1 aliphatic rings. The fourth-order valence-corrected chi connectivity index (χ4v) is 2.91. The summed E-state index contributed by atoms with van der Waals surface area (Å²) in [5, 5.41) is 3.59. The molecule has 1 fully saturated rings. The number of aromatic nitrogens is 1. The predicted molar refractivity (Wildman–Crippen MR) is 107 cm³/mol. The summed E-state index contributed by atoms with van der Waals surface area (Å²) in [5.74, 6) is 1.62. The Kier molecular flexibility index (Phi) is 6.90. The third-order valence-corrected chi connectivity index (χ3v) is 4.74. The van der Waals surface area contributed by atoms with Gasteiger partial charge in [-0.3, -0.25) is 4.79 Å². The van der Waals surface area contributed by atoms with E-state index in [1.807, 2.05) is 37.3 Å². The molecule has 0 aliphatic carbocycles. The molecule has 1 saturated heterocycles. The number of nitrogens with zero attached hydrogens (tertiary/aromatic N) is 2. The first-order valence-electron chi connectivity index (χ1n) is 9.09. The van der Waals surface area contributed by atoms with Crippen molar-refractivity contribution in [2.75, 3.05) is 43.1 Å². The van der Waals surface area contributed by atoms with Crippen molar-refractivity contribution in [1.82, 2.24) is 4.98 Å². The number of hydrogen-bond acceptors (Lipinski definition) is 5. The number of aryl methyl sites for hydroxylation is 1. The minimum atomic E-state index is -0.0493. The average molecular weight is 390 g/mol. The first-order valence-corrected chi connectivity index (χ1v) is 9.47. The molecule has 1 aliphatic heterocycles. The lowest BCUT2D eigenvalue weighted by molar-refractivity contribution is -0.116. The summed E-state index contributed by atoms with van der Waals surface area (Å²) in [6, 6.07) is 9.34. The quantitative estimate of drug-likeness (QED) is 0.732. The smallest absolute Gasteiger partial charge is 0.224 e. The molecule has 1 amide bonds. The Labute approximate surface area is 164 Å². The second-order valence-electron chi connectivity index (χ2n) is 6.42. The van der Waals surface area contributed by atoms with Gasteiger partial charge in [0.2, 0.25) is 5.91 Å². The lowest BCUT2D eigenvalue weighted by Gasteiger charge is -2.27. The maximum absolute atomic E-state index is 12.1. The van der Waals surface area contributed by atoms with Crippen LogP contribution in [0, 0.1) is 6.92 Å². The number of morpholine rings is 1. The number of anilines is 2. The molecule has 0 atom stereocenters.